The number of fused-ring (bicyclic) bond motifs is 1. The minimum absolute atomic E-state index is 0. The van der Waals surface area contributed by atoms with Gasteiger partial charge in [0.1, 0.15) is 23.7 Å². The van der Waals surface area contributed by atoms with E-state index in [4.69, 9.17) is 5.73 Å². The monoisotopic (exact) mass is 548 g/mol. The Morgan fingerprint density at radius 2 is 2.17 bits per heavy atom. The second kappa shape index (κ2) is 11.3. The SMILES string of the molecule is Cn1c(CO)nnc1SCC1=C(C(=O)[O-])N2C(=O)C(NC(=O)C(=NO)c3csc(N)n3)[C@@H]2SC1.[Na+]. The molecule has 2 aromatic heterocycles. The molecule has 2 aliphatic heterocycles. The number of thiazole rings is 1. The van der Waals surface area contributed by atoms with Gasteiger partial charge >= 0.3 is 29.6 Å². The molecule has 1 unspecified atom stereocenters. The number of hydrogen-bond donors (Lipinski definition) is 4. The zero-order valence-electron chi connectivity index (χ0n) is 18.4. The van der Waals surface area contributed by atoms with Crippen LogP contribution in [0.25, 0.3) is 0 Å². The number of anilines is 1. The topological polar surface area (TPSA) is 212 Å². The molecule has 35 heavy (non-hydrogen) atoms. The number of aliphatic carboxylic acids is 1. The van der Waals surface area contributed by atoms with Gasteiger partial charge in [0.05, 0.1) is 11.7 Å². The molecule has 2 aliphatic rings. The molecule has 1 saturated heterocycles. The number of carboxylic acids is 1. The standard InChI is InChI=1S/C17H18N8O6S3.Na/c1-24-8(2-26)21-22-17(24)34-4-6-3-32-14-10(13(28)25(14)11(6)15(29)30)20-12(27)9(23-31)7-5-33-16(18)19-7;/h5,10,14,26,31H,2-4H2,1H3,(H2,18,19)(H,20,27)(H,29,30);/q;+1/p-1/t10?,14-;/m0./s1. The third kappa shape index (κ3) is 5.20. The number of carboxylic acid groups (broad SMARTS) is 1. The van der Waals surface area contributed by atoms with E-state index in [0.717, 1.165) is 16.2 Å². The van der Waals surface area contributed by atoms with Crippen LogP contribution in [0.3, 0.4) is 0 Å². The number of hydrogen-bond acceptors (Lipinski definition) is 14. The van der Waals surface area contributed by atoms with E-state index in [2.05, 4.69) is 25.7 Å². The molecular weight excluding hydrogens is 531 g/mol. The minimum atomic E-state index is -1.51. The van der Waals surface area contributed by atoms with Gasteiger partial charge in [-0.15, -0.1) is 33.3 Å². The number of aliphatic hydroxyl groups is 1. The summed E-state index contributed by atoms with van der Waals surface area (Å²) in [6.07, 6.45) is 0. The summed E-state index contributed by atoms with van der Waals surface area (Å²) < 4.78 is 1.58. The van der Waals surface area contributed by atoms with Gasteiger partial charge in [-0.05, 0) is 5.57 Å². The van der Waals surface area contributed by atoms with Crippen molar-refractivity contribution in [3.05, 3.63) is 28.2 Å². The molecule has 0 aromatic carbocycles. The number of carbonyl (C=O) groups is 3. The maximum atomic E-state index is 12.8. The molecule has 5 N–H and O–H groups in total. The quantitative estimate of drug-likeness (QED) is 0.0608. The van der Waals surface area contributed by atoms with Gasteiger partial charge in [-0.1, -0.05) is 16.9 Å². The number of aliphatic hydroxyl groups excluding tert-OH is 1. The fourth-order valence-electron chi connectivity index (χ4n) is 3.36. The normalized spacial score (nSPS) is 19.7. The van der Waals surface area contributed by atoms with Crippen molar-refractivity contribution in [3.8, 4) is 0 Å². The van der Waals surface area contributed by atoms with Crippen LogP contribution in [0.5, 0.6) is 0 Å². The van der Waals surface area contributed by atoms with E-state index in [1.807, 2.05) is 0 Å². The van der Waals surface area contributed by atoms with E-state index >= 15 is 0 Å². The number of amides is 2. The molecule has 14 nitrogen and oxygen atoms in total. The summed E-state index contributed by atoms with van der Waals surface area (Å²) in [6.45, 7) is -0.289. The number of nitrogens with two attached hydrogens (primary N) is 1. The van der Waals surface area contributed by atoms with Crippen LogP contribution < -0.4 is 45.7 Å². The van der Waals surface area contributed by atoms with Gasteiger partial charge in [0.15, 0.2) is 21.8 Å². The number of thioether (sulfide) groups is 2. The fraction of sp³-hybridized carbons (Fsp3) is 0.353. The Morgan fingerprint density at radius 3 is 2.74 bits per heavy atom. The summed E-state index contributed by atoms with van der Waals surface area (Å²) in [4.78, 5) is 42.2. The number of carbonyl (C=O) groups excluding carboxylic acids is 3. The Labute approximate surface area is 232 Å². The van der Waals surface area contributed by atoms with Crippen LogP contribution in [-0.4, -0.2) is 81.4 Å². The molecule has 4 rings (SSSR count). The Hall–Kier alpha value is -2.15. The third-order valence-corrected chi connectivity index (χ3v) is 8.17. The van der Waals surface area contributed by atoms with Gasteiger partial charge in [0, 0.05) is 23.9 Å². The van der Waals surface area contributed by atoms with Crippen molar-refractivity contribution in [2.75, 3.05) is 17.2 Å². The number of nitrogen functional groups attached to an aromatic ring is 1. The van der Waals surface area contributed by atoms with Crippen LogP contribution >= 0.6 is 34.9 Å². The van der Waals surface area contributed by atoms with E-state index in [1.165, 1.54) is 28.9 Å². The van der Waals surface area contributed by atoms with Crippen LogP contribution in [-0.2, 0) is 28.0 Å². The summed E-state index contributed by atoms with van der Waals surface area (Å²) in [6, 6.07) is -1.03. The smallest absolute Gasteiger partial charge is 0.543 e. The van der Waals surface area contributed by atoms with Gasteiger partial charge < -0.3 is 35.8 Å². The van der Waals surface area contributed by atoms with E-state index < -0.39 is 34.9 Å². The summed E-state index contributed by atoms with van der Waals surface area (Å²) in [5.74, 6) is -2.17. The molecule has 0 spiro atoms. The molecule has 0 bridgehead atoms. The molecule has 0 aliphatic carbocycles. The number of nitrogens with one attached hydrogen (secondary N) is 1. The molecule has 0 saturated carbocycles. The fourth-order valence-corrected chi connectivity index (χ4v) is 6.32. The van der Waals surface area contributed by atoms with Crippen LogP contribution in [0.2, 0.25) is 0 Å². The van der Waals surface area contributed by atoms with Crippen LogP contribution in [0.4, 0.5) is 5.13 Å². The van der Waals surface area contributed by atoms with Crippen molar-refractivity contribution in [3.63, 3.8) is 0 Å². The molecular formula is C17H17N8NaO6S3. The van der Waals surface area contributed by atoms with Crippen LogP contribution in [0, 0.1) is 0 Å². The minimum Gasteiger partial charge on any atom is -0.543 e. The van der Waals surface area contributed by atoms with Gasteiger partial charge in [-0.3, -0.25) is 14.5 Å². The van der Waals surface area contributed by atoms with Gasteiger partial charge in [0.25, 0.3) is 11.8 Å². The Bertz CT molecular complexity index is 1230. The van der Waals surface area contributed by atoms with Gasteiger partial charge in [-0.25, -0.2) is 4.98 Å². The number of nitrogens with zero attached hydrogens (tertiary/aromatic N) is 6. The summed E-state index contributed by atoms with van der Waals surface area (Å²) in [7, 11) is 1.67. The second-order valence-electron chi connectivity index (χ2n) is 7.02. The molecule has 2 atom stereocenters. The number of oxime groups is 1. The second-order valence-corrected chi connectivity index (χ2v) is 9.96. The molecule has 0 radical (unpaired) electrons. The largest absolute Gasteiger partial charge is 1.00 e. The van der Waals surface area contributed by atoms with Crippen molar-refractivity contribution in [2.24, 2.45) is 12.2 Å². The van der Waals surface area contributed by atoms with E-state index in [-0.39, 0.29) is 64.2 Å². The summed E-state index contributed by atoms with van der Waals surface area (Å²) >= 11 is 3.53. The van der Waals surface area contributed by atoms with Crippen molar-refractivity contribution >= 4 is 63.5 Å². The van der Waals surface area contributed by atoms with E-state index in [1.54, 1.807) is 11.6 Å². The molecule has 180 valence electrons. The molecule has 18 heteroatoms. The van der Waals surface area contributed by atoms with Crippen molar-refractivity contribution in [1.82, 2.24) is 30.0 Å². The maximum absolute atomic E-state index is 12.8. The Kier molecular flexibility index (Phi) is 8.84. The van der Waals surface area contributed by atoms with Crippen LogP contribution in [0.1, 0.15) is 11.5 Å². The van der Waals surface area contributed by atoms with Gasteiger partial charge in [-0.2, -0.15) is 0 Å². The maximum Gasteiger partial charge on any atom is 1.00 e. The molecule has 2 amide bonds. The summed E-state index contributed by atoms with van der Waals surface area (Å²) in [5.41, 5.74) is 5.37. The zero-order valence-corrected chi connectivity index (χ0v) is 22.8. The van der Waals surface area contributed by atoms with E-state index in [0.29, 0.717) is 16.6 Å². The molecule has 1 fully saturated rings. The first-order valence-electron chi connectivity index (χ1n) is 9.51. The van der Waals surface area contributed by atoms with Crippen molar-refractivity contribution in [2.45, 2.75) is 23.2 Å². The zero-order chi connectivity index (χ0) is 24.6. The Balaban J connectivity index is 0.00000342. The molecule has 4 heterocycles. The van der Waals surface area contributed by atoms with Crippen LogP contribution in [0.15, 0.2) is 27.0 Å². The van der Waals surface area contributed by atoms with E-state index in [9.17, 15) is 29.8 Å². The van der Waals surface area contributed by atoms with Gasteiger partial charge in [0.2, 0.25) is 0 Å². The number of β-lactam (4-membered cyclic amide) rings is 1. The first-order valence-corrected chi connectivity index (χ1v) is 12.4. The first kappa shape index (κ1) is 27.4. The predicted octanol–water partition coefficient (Wildman–Crippen LogP) is -5.28. The predicted molar refractivity (Wildman–Crippen MR) is 120 cm³/mol. The third-order valence-electron chi connectivity index (χ3n) is 5.05. The van der Waals surface area contributed by atoms with Crippen molar-refractivity contribution < 1.29 is 59.4 Å². The molecule has 2 aromatic rings. The first-order chi connectivity index (χ1) is 16.3. The average Bonchev–Trinajstić information content (AvgIpc) is 3.40. The van der Waals surface area contributed by atoms with Crippen molar-refractivity contribution in [1.29, 1.82) is 0 Å². The number of aromatic nitrogens is 4. The summed E-state index contributed by atoms with van der Waals surface area (Å²) in [5, 5.41) is 45.0. The Morgan fingerprint density at radius 1 is 1.43 bits per heavy atom. The average molecular weight is 549 g/mol. The number of rotatable bonds is 8.